The summed E-state index contributed by atoms with van der Waals surface area (Å²) >= 11 is 0. The van der Waals surface area contributed by atoms with Gasteiger partial charge in [0.15, 0.2) is 0 Å². The lowest BCUT2D eigenvalue weighted by atomic mass is 9.80. The Balaban J connectivity index is 1.58. The van der Waals surface area contributed by atoms with Crippen LogP contribution < -0.4 is 19.8 Å². The molecule has 0 spiro atoms. The van der Waals surface area contributed by atoms with Crippen molar-refractivity contribution < 1.29 is 23.4 Å². The zero-order valence-electron chi connectivity index (χ0n) is 29.3. The molecule has 1 atom stereocenters. The van der Waals surface area contributed by atoms with Gasteiger partial charge in [-0.1, -0.05) is 142 Å². The lowest BCUT2D eigenvalue weighted by Gasteiger charge is -2.44. The van der Waals surface area contributed by atoms with Crippen LogP contribution in [0, 0.1) is 0 Å². The summed E-state index contributed by atoms with van der Waals surface area (Å²) < 4.78 is 32.1. The van der Waals surface area contributed by atoms with E-state index in [1.165, 1.54) is 10.4 Å². The van der Waals surface area contributed by atoms with E-state index in [9.17, 15) is 0 Å². The Labute approximate surface area is 293 Å². The molecule has 0 saturated carbocycles. The molecule has 0 aliphatic rings. The van der Waals surface area contributed by atoms with Crippen molar-refractivity contribution in [1.82, 2.24) is 0 Å². The van der Waals surface area contributed by atoms with Crippen LogP contribution in [0.3, 0.4) is 0 Å². The molecular formula is C43H48O5Si. The Bertz CT molecular complexity index is 1630. The normalized spacial score (nSPS) is 12.7. The number of ether oxygens (including phenoxy) is 4. The molecular weight excluding hydrogens is 625 g/mol. The molecule has 0 heterocycles. The molecule has 0 amide bonds. The molecule has 49 heavy (non-hydrogen) atoms. The predicted molar refractivity (Wildman–Crippen MR) is 202 cm³/mol. The third kappa shape index (κ3) is 7.74. The first-order chi connectivity index (χ1) is 23.8. The molecule has 0 radical (unpaired) electrons. The van der Waals surface area contributed by atoms with E-state index in [1.807, 2.05) is 42.5 Å². The number of methoxy groups -OCH3 is 2. The molecule has 5 nitrogen and oxygen atoms in total. The number of rotatable bonds is 16. The van der Waals surface area contributed by atoms with Gasteiger partial charge in [0.2, 0.25) is 0 Å². The zero-order valence-corrected chi connectivity index (χ0v) is 30.3. The Morgan fingerprint density at radius 1 is 0.592 bits per heavy atom. The highest BCUT2D eigenvalue weighted by Crippen LogP contribution is 2.42. The maximum atomic E-state index is 7.33. The minimum absolute atomic E-state index is 0.181. The summed E-state index contributed by atoms with van der Waals surface area (Å²) in [5.41, 5.74) is 1.92. The van der Waals surface area contributed by atoms with Crippen molar-refractivity contribution in [2.24, 2.45) is 0 Å². The summed E-state index contributed by atoms with van der Waals surface area (Å²) in [7, 11) is 0.519. The predicted octanol–water partition coefficient (Wildman–Crippen LogP) is 8.16. The van der Waals surface area contributed by atoms with Crippen LogP contribution in [0.1, 0.15) is 37.5 Å². The van der Waals surface area contributed by atoms with Crippen LogP contribution in [-0.2, 0) is 19.5 Å². The molecule has 0 saturated heterocycles. The van der Waals surface area contributed by atoms with E-state index in [0.717, 1.165) is 28.2 Å². The standard InChI is InChI=1S/C43H48O5Si/c1-7-31-46-39(33-48-49(42(2,3)4,40-19-13-9-14-20-40)41-21-15-10-16-22-41)32-47-43(34-17-11-8-12-18-34,35-23-27-37(44-5)28-24-35)36-25-29-38(45-6)30-26-36/h7-30,39H,1,31-33H2,2-6H3/t39-/m0/s1. The Kier molecular flexibility index (Phi) is 11.9. The van der Waals surface area contributed by atoms with E-state index in [2.05, 4.69) is 124 Å². The third-order valence-corrected chi connectivity index (χ3v) is 14.0. The van der Waals surface area contributed by atoms with E-state index in [4.69, 9.17) is 23.4 Å². The van der Waals surface area contributed by atoms with Crippen LogP contribution in [0.4, 0.5) is 0 Å². The minimum Gasteiger partial charge on any atom is -0.497 e. The van der Waals surface area contributed by atoms with Crippen molar-refractivity contribution in [3.63, 3.8) is 0 Å². The molecule has 5 rings (SSSR count). The van der Waals surface area contributed by atoms with E-state index >= 15 is 0 Å². The monoisotopic (exact) mass is 672 g/mol. The van der Waals surface area contributed by atoms with Gasteiger partial charge in [-0.2, -0.15) is 0 Å². The van der Waals surface area contributed by atoms with Crippen LogP contribution >= 0.6 is 0 Å². The fourth-order valence-electron chi connectivity index (χ4n) is 6.62. The van der Waals surface area contributed by atoms with Crippen molar-refractivity contribution in [3.05, 3.63) is 169 Å². The fourth-order valence-corrected chi connectivity index (χ4v) is 11.2. The molecule has 5 aromatic rings. The summed E-state index contributed by atoms with van der Waals surface area (Å²) in [4.78, 5) is 0. The van der Waals surface area contributed by atoms with Gasteiger partial charge in [-0.05, 0) is 56.4 Å². The average molecular weight is 673 g/mol. The first-order valence-electron chi connectivity index (χ1n) is 16.7. The van der Waals surface area contributed by atoms with E-state index in [1.54, 1.807) is 20.3 Å². The van der Waals surface area contributed by atoms with E-state index in [0.29, 0.717) is 13.2 Å². The second kappa shape index (κ2) is 16.3. The summed E-state index contributed by atoms with van der Waals surface area (Å²) in [6.45, 7) is 11.7. The van der Waals surface area contributed by atoms with Gasteiger partial charge < -0.3 is 23.4 Å². The highest BCUT2D eigenvalue weighted by Gasteiger charge is 2.50. The molecule has 0 N–H and O–H groups in total. The summed E-state index contributed by atoms with van der Waals surface area (Å²) in [6, 6.07) is 47.8. The van der Waals surface area contributed by atoms with Crippen molar-refractivity contribution in [1.29, 1.82) is 0 Å². The lowest BCUT2D eigenvalue weighted by molar-refractivity contribution is -0.0726. The van der Waals surface area contributed by atoms with Crippen molar-refractivity contribution in [2.75, 3.05) is 34.0 Å². The molecule has 5 aromatic carbocycles. The van der Waals surface area contributed by atoms with Crippen molar-refractivity contribution >= 4 is 18.7 Å². The van der Waals surface area contributed by atoms with Gasteiger partial charge in [-0.3, -0.25) is 0 Å². The first-order valence-corrected chi connectivity index (χ1v) is 18.7. The second-order valence-electron chi connectivity index (χ2n) is 13.0. The maximum Gasteiger partial charge on any atom is 0.261 e. The van der Waals surface area contributed by atoms with Gasteiger partial charge in [-0.25, -0.2) is 0 Å². The summed E-state index contributed by atoms with van der Waals surface area (Å²) in [5, 5.41) is 2.25. The van der Waals surface area contributed by atoms with Gasteiger partial charge in [0.25, 0.3) is 8.32 Å². The molecule has 6 heteroatoms. The van der Waals surface area contributed by atoms with Crippen LogP contribution in [0.5, 0.6) is 11.5 Å². The molecule has 0 aromatic heterocycles. The molecule has 0 aliphatic carbocycles. The number of hydrogen-bond donors (Lipinski definition) is 0. The van der Waals surface area contributed by atoms with Gasteiger partial charge in [0.1, 0.15) is 23.2 Å². The number of benzene rings is 5. The highest BCUT2D eigenvalue weighted by molar-refractivity contribution is 6.99. The zero-order chi connectivity index (χ0) is 34.7. The number of hydrogen-bond acceptors (Lipinski definition) is 5. The highest BCUT2D eigenvalue weighted by atomic mass is 28.4. The first kappa shape index (κ1) is 35.8. The van der Waals surface area contributed by atoms with Crippen molar-refractivity contribution in [3.8, 4) is 11.5 Å². The molecule has 0 aliphatic heterocycles. The van der Waals surface area contributed by atoms with Crippen LogP contribution in [0.15, 0.2) is 152 Å². The summed E-state index contributed by atoms with van der Waals surface area (Å²) in [6.07, 6.45) is 1.37. The lowest BCUT2D eigenvalue weighted by Crippen LogP contribution is -2.67. The van der Waals surface area contributed by atoms with Crippen LogP contribution in [-0.4, -0.2) is 48.5 Å². The largest absolute Gasteiger partial charge is 0.497 e. The van der Waals surface area contributed by atoms with Crippen molar-refractivity contribution in [2.45, 2.75) is 37.5 Å². The fraction of sp³-hybridized carbons (Fsp3) is 0.256. The maximum absolute atomic E-state index is 7.33. The molecule has 0 fully saturated rings. The van der Waals surface area contributed by atoms with Crippen LogP contribution in [0.25, 0.3) is 0 Å². The SMILES string of the molecule is C=CCO[C@@H](COC(c1ccccc1)(c1ccc(OC)cc1)c1ccc(OC)cc1)CO[Si](c1ccccc1)(c1ccccc1)C(C)(C)C. The smallest absolute Gasteiger partial charge is 0.261 e. The van der Waals surface area contributed by atoms with Crippen LogP contribution in [0.2, 0.25) is 5.04 Å². The van der Waals surface area contributed by atoms with Gasteiger partial charge >= 0.3 is 0 Å². The quantitative estimate of drug-likeness (QED) is 0.0602. The van der Waals surface area contributed by atoms with E-state index < -0.39 is 20.0 Å². The van der Waals surface area contributed by atoms with Gasteiger partial charge in [0.05, 0.1) is 34.0 Å². The molecule has 0 unspecified atom stereocenters. The van der Waals surface area contributed by atoms with Gasteiger partial charge in [0, 0.05) is 0 Å². The average Bonchev–Trinajstić information content (AvgIpc) is 3.15. The Hall–Kier alpha value is -4.46. The summed E-state index contributed by atoms with van der Waals surface area (Å²) in [5.74, 6) is 1.54. The molecule has 0 bridgehead atoms. The topological polar surface area (TPSA) is 46.2 Å². The Morgan fingerprint density at radius 2 is 1.02 bits per heavy atom. The molecule has 254 valence electrons. The van der Waals surface area contributed by atoms with E-state index in [-0.39, 0.29) is 11.6 Å². The minimum atomic E-state index is -2.83. The van der Waals surface area contributed by atoms with Gasteiger partial charge in [-0.15, -0.1) is 6.58 Å². The third-order valence-electron chi connectivity index (χ3n) is 9.01. The Morgan fingerprint density at radius 3 is 1.43 bits per heavy atom. The second-order valence-corrected chi connectivity index (χ2v) is 17.3.